The number of aliphatic carboxylic acids is 1. The second-order valence-electron chi connectivity index (χ2n) is 2.72. The van der Waals surface area contributed by atoms with Crippen molar-refractivity contribution in [3.63, 3.8) is 0 Å². The number of carboxylic acid groups (broad SMARTS) is 1. The van der Waals surface area contributed by atoms with E-state index in [-0.39, 0.29) is 0 Å². The maximum absolute atomic E-state index is 10.5. The van der Waals surface area contributed by atoms with Gasteiger partial charge in [0.25, 0.3) is 0 Å². The fourth-order valence-electron chi connectivity index (χ4n) is 0.916. The number of ether oxygens (including phenoxy) is 1. The molecule has 0 radical (unpaired) electrons. The van der Waals surface area contributed by atoms with E-state index in [1.165, 1.54) is 0 Å². The summed E-state index contributed by atoms with van der Waals surface area (Å²) in [6.07, 6.45) is 0. The zero-order chi connectivity index (χ0) is 10.7. The van der Waals surface area contributed by atoms with E-state index >= 15 is 0 Å². The lowest BCUT2D eigenvalue weighted by atomic mass is 10.2. The Kier molecular flexibility index (Phi) is 3.66. The molecule has 1 atom stereocenters. The fraction of sp³-hybridized carbons (Fsp3) is 0.222. The molecule has 0 spiro atoms. The molecule has 0 aliphatic heterocycles. The molecule has 5 heteroatoms. The quantitative estimate of drug-likeness (QED) is 0.621. The molecular weight excluding hydrogens is 224 g/mol. The third-order valence-electron chi connectivity index (χ3n) is 1.59. The first-order chi connectivity index (χ1) is 6.50. The maximum atomic E-state index is 10.5. The first kappa shape index (κ1) is 11.2. The molecule has 0 bridgehead atoms. The van der Waals surface area contributed by atoms with E-state index in [1.807, 2.05) is 0 Å². The molecule has 1 aromatic carbocycles. The molecule has 1 unspecified atom stereocenters. The minimum Gasteiger partial charge on any atom is -0.478 e. The number of hydrogen-bond acceptors (Lipinski definition) is 3. The van der Waals surface area contributed by atoms with E-state index in [1.54, 1.807) is 25.1 Å². The van der Waals surface area contributed by atoms with Crippen LogP contribution in [0.1, 0.15) is 5.56 Å². The number of hydrogen-bond donors (Lipinski definition) is 2. The van der Waals surface area contributed by atoms with E-state index in [2.05, 4.69) is 12.6 Å². The van der Waals surface area contributed by atoms with Crippen LogP contribution in [0.2, 0.25) is 5.02 Å². The van der Waals surface area contributed by atoms with Crippen molar-refractivity contribution in [2.75, 3.05) is 0 Å². The molecule has 0 saturated carbocycles. The van der Waals surface area contributed by atoms with Crippen molar-refractivity contribution in [1.82, 2.24) is 0 Å². The summed E-state index contributed by atoms with van der Waals surface area (Å²) in [5.41, 5.74) is -0.382. The molecule has 76 valence electrons. The Hall–Kier alpha value is -0.870. The van der Waals surface area contributed by atoms with Crippen molar-refractivity contribution in [2.45, 2.75) is 12.4 Å². The largest absolute Gasteiger partial charge is 0.478 e. The van der Waals surface area contributed by atoms with Gasteiger partial charge in [-0.15, -0.1) is 12.6 Å². The Bertz CT molecular complexity index is 354. The second-order valence-corrected chi connectivity index (χ2v) is 3.62. The van der Waals surface area contributed by atoms with E-state index in [4.69, 9.17) is 21.4 Å². The highest BCUT2D eigenvalue weighted by Gasteiger charge is 2.14. The van der Waals surface area contributed by atoms with Gasteiger partial charge in [-0.2, -0.15) is 0 Å². The molecule has 0 aliphatic rings. The minimum atomic E-state index is -1.16. The summed E-state index contributed by atoms with van der Waals surface area (Å²) in [6, 6.07) is 4.94. The van der Waals surface area contributed by atoms with E-state index < -0.39 is 11.4 Å². The number of halogens is 1. The molecule has 0 saturated heterocycles. The Balaban J connectivity index is 2.82. The topological polar surface area (TPSA) is 46.5 Å². The van der Waals surface area contributed by atoms with Crippen LogP contribution in [0.3, 0.4) is 0 Å². The number of aryl methyl sites for hydroxylation is 1. The molecule has 1 N–H and O–H groups in total. The van der Waals surface area contributed by atoms with Crippen molar-refractivity contribution < 1.29 is 14.6 Å². The van der Waals surface area contributed by atoms with Gasteiger partial charge in [-0.3, -0.25) is 0 Å². The lowest BCUT2D eigenvalue weighted by molar-refractivity contribution is -0.140. The minimum absolute atomic E-state index is 0.469. The standard InChI is InChI=1S/C9H9ClO3S/c1-5-4-6(10)2-3-7(5)13-9(14)8(11)12/h2-4,9,14H,1H3,(H,11,12). The van der Waals surface area contributed by atoms with Gasteiger partial charge >= 0.3 is 5.97 Å². The zero-order valence-corrected chi connectivity index (χ0v) is 9.05. The van der Waals surface area contributed by atoms with Crippen molar-refractivity contribution in [1.29, 1.82) is 0 Å². The maximum Gasteiger partial charge on any atom is 0.355 e. The van der Waals surface area contributed by atoms with Crippen LogP contribution in [0.4, 0.5) is 0 Å². The summed E-state index contributed by atoms with van der Waals surface area (Å²) in [5.74, 6) is -0.653. The average Bonchev–Trinajstić information content (AvgIpc) is 2.09. The van der Waals surface area contributed by atoms with Gasteiger partial charge in [0.1, 0.15) is 5.75 Å². The molecule has 0 amide bonds. The van der Waals surface area contributed by atoms with Crippen molar-refractivity contribution in [2.24, 2.45) is 0 Å². The number of thiol groups is 1. The number of carbonyl (C=O) groups is 1. The molecule has 14 heavy (non-hydrogen) atoms. The third-order valence-corrected chi connectivity index (χ3v) is 2.15. The fourth-order valence-corrected chi connectivity index (χ4v) is 1.26. The molecule has 0 fully saturated rings. The van der Waals surface area contributed by atoms with Gasteiger partial charge in [0.05, 0.1) is 0 Å². The Morgan fingerprint density at radius 1 is 1.64 bits per heavy atom. The van der Waals surface area contributed by atoms with Gasteiger partial charge in [0, 0.05) is 5.02 Å². The Morgan fingerprint density at radius 2 is 2.29 bits per heavy atom. The number of rotatable bonds is 3. The SMILES string of the molecule is Cc1cc(Cl)ccc1OC(S)C(=O)O. The van der Waals surface area contributed by atoms with Crippen LogP contribution in [-0.2, 0) is 4.79 Å². The first-order valence-electron chi connectivity index (χ1n) is 3.84. The molecule has 1 aromatic rings. The van der Waals surface area contributed by atoms with Gasteiger partial charge < -0.3 is 9.84 Å². The molecule has 1 rings (SSSR count). The van der Waals surface area contributed by atoms with E-state index in [0.29, 0.717) is 10.8 Å². The van der Waals surface area contributed by atoms with Gasteiger partial charge in [0.15, 0.2) is 0 Å². The summed E-state index contributed by atoms with van der Waals surface area (Å²) in [6.45, 7) is 1.78. The smallest absolute Gasteiger partial charge is 0.355 e. The lowest BCUT2D eigenvalue weighted by Crippen LogP contribution is -2.20. The average molecular weight is 233 g/mol. The first-order valence-corrected chi connectivity index (χ1v) is 4.74. The van der Waals surface area contributed by atoms with Gasteiger partial charge in [-0.05, 0) is 30.7 Å². The normalized spacial score (nSPS) is 12.2. The number of benzene rings is 1. The van der Waals surface area contributed by atoms with E-state index in [0.717, 1.165) is 5.56 Å². The summed E-state index contributed by atoms with van der Waals surface area (Å²) < 4.78 is 5.07. The molecule has 0 aliphatic carbocycles. The van der Waals surface area contributed by atoms with Gasteiger partial charge in [-0.1, -0.05) is 11.6 Å². The summed E-state index contributed by atoms with van der Waals surface area (Å²) in [7, 11) is 0. The monoisotopic (exact) mass is 232 g/mol. The van der Waals surface area contributed by atoms with Crippen LogP contribution < -0.4 is 4.74 Å². The third kappa shape index (κ3) is 2.82. The highest BCUT2D eigenvalue weighted by atomic mass is 35.5. The van der Waals surface area contributed by atoms with Crippen LogP contribution >= 0.6 is 24.2 Å². The zero-order valence-electron chi connectivity index (χ0n) is 7.40. The van der Waals surface area contributed by atoms with Crippen LogP contribution in [-0.4, -0.2) is 16.5 Å². The second kappa shape index (κ2) is 4.57. The summed E-state index contributed by atoms with van der Waals surface area (Å²) >= 11 is 9.48. The molecule has 0 heterocycles. The molecule has 0 aromatic heterocycles. The van der Waals surface area contributed by atoms with Crippen molar-refractivity contribution in [3.8, 4) is 5.75 Å². The van der Waals surface area contributed by atoms with Crippen LogP contribution in [0.5, 0.6) is 5.75 Å². The van der Waals surface area contributed by atoms with Crippen molar-refractivity contribution in [3.05, 3.63) is 28.8 Å². The van der Waals surface area contributed by atoms with Crippen LogP contribution in [0.25, 0.3) is 0 Å². The van der Waals surface area contributed by atoms with E-state index in [9.17, 15) is 4.79 Å². The Labute approximate surface area is 92.1 Å². The predicted octanol–water partition coefficient (Wildman–Crippen LogP) is 2.37. The lowest BCUT2D eigenvalue weighted by Gasteiger charge is -2.11. The summed E-state index contributed by atoms with van der Waals surface area (Å²) in [4.78, 5) is 10.5. The van der Waals surface area contributed by atoms with Crippen LogP contribution in [0.15, 0.2) is 18.2 Å². The predicted molar refractivity (Wildman–Crippen MR) is 57.2 cm³/mol. The van der Waals surface area contributed by atoms with Crippen LogP contribution in [0, 0.1) is 6.92 Å². The van der Waals surface area contributed by atoms with Gasteiger partial charge in [-0.25, -0.2) is 4.79 Å². The van der Waals surface area contributed by atoms with Crippen molar-refractivity contribution >= 4 is 30.2 Å². The van der Waals surface area contributed by atoms with Gasteiger partial charge in [0.2, 0.25) is 5.44 Å². The molecular formula is C9H9ClO3S. The highest BCUT2D eigenvalue weighted by molar-refractivity contribution is 7.81. The molecule has 3 nitrogen and oxygen atoms in total. The number of carboxylic acids is 1. The Morgan fingerprint density at radius 3 is 2.79 bits per heavy atom. The highest BCUT2D eigenvalue weighted by Crippen LogP contribution is 2.23. The summed E-state index contributed by atoms with van der Waals surface area (Å²) in [5, 5.41) is 9.15.